The second kappa shape index (κ2) is 9.89. The zero-order chi connectivity index (χ0) is 28.1. The van der Waals surface area contributed by atoms with Gasteiger partial charge in [-0.15, -0.1) is 21.5 Å². The van der Waals surface area contributed by atoms with Crippen molar-refractivity contribution in [2.75, 3.05) is 0 Å². The molecule has 3 heterocycles. The summed E-state index contributed by atoms with van der Waals surface area (Å²) in [7, 11) is 0. The molecule has 1 aliphatic heterocycles. The van der Waals surface area contributed by atoms with Gasteiger partial charge < -0.3 is 9.84 Å². The molecule has 5 rings (SSSR count). The van der Waals surface area contributed by atoms with Gasteiger partial charge in [0.1, 0.15) is 22.5 Å². The van der Waals surface area contributed by atoms with Crippen molar-refractivity contribution < 1.29 is 19.4 Å². The monoisotopic (exact) mass is 542 g/mol. The van der Waals surface area contributed by atoms with Crippen LogP contribution in [-0.2, 0) is 9.53 Å². The highest BCUT2D eigenvalue weighted by Crippen LogP contribution is 2.40. The molecule has 1 N–H and O–H groups in total. The lowest BCUT2D eigenvalue weighted by Crippen LogP contribution is -2.25. The molecule has 1 aliphatic rings. The van der Waals surface area contributed by atoms with Crippen molar-refractivity contribution in [1.82, 2.24) is 14.8 Å². The third-order valence-electron chi connectivity index (χ3n) is 6.64. The second-order valence-corrected chi connectivity index (χ2v) is 11.9. The van der Waals surface area contributed by atoms with Crippen LogP contribution in [0.5, 0.6) is 0 Å². The Morgan fingerprint density at radius 2 is 1.54 bits per heavy atom. The average molecular weight is 543 g/mol. The fourth-order valence-electron chi connectivity index (χ4n) is 4.69. The number of aromatic carboxylic acids is 1. The van der Waals surface area contributed by atoms with Crippen LogP contribution in [-0.4, -0.2) is 43.1 Å². The molecule has 0 radical (unpaired) electrons. The molecular weight excluding hydrogens is 512 g/mol. The highest BCUT2D eigenvalue weighted by atomic mass is 32.1. The molecule has 0 spiro atoms. The molecule has 200 valence electrons. The van der Waals surface area contributed by atoms with Crippen LogP contribution < -0.4 is 0 Å². The van der Waals surface area contributed by atoms with E-state index in [2.05, 4.69) is 24.0 Å². The Labute approximate surface area is 231 Å². The van der Waals surface area contributed by atoms with Crippen LogP contribution in [0.15, 0.2) is 53.5 Å². The third kappa shape index (κ3) is 5.14. The van der Waals surface area contributed by atoms with E-state index >= 15 is 0 Å². The number of rotatable bonds is 5. The molecule has 0 fully saturated rings. The lowest BCUT2D eigenvalue weighted by atomic mass is 9.96. The number of benzene rings is 2. The van der Waals surface area contributed by atoms with Crippen LogP contribution in [0.1, 0.15) is 76.8 Å². The summed E-state index contributed by atoms with van der Waals surface area (Å²) in [5.74, 6) is 0.0530. The number of aliphatic imine (C=N–C) groups is 1. The maximum atomic E-state index is 12.9. The van der Waals surface area contributed by atoms with Crippen LogP contribution in [0.3, 0.4) is 0 Å². The molecule has 8 nitrogen and oxygen atoms in total. The lowest BCUT2D eigenvalue weighted by molar-refractivity contribution is -0.155. The van der Waals surface area contributed by atoms with Gasteiger partial charge in [0, 0.05) is 16.0 Å². The van der Waals surface area contributed by atoms with Gasteiger partial charge in [-0.2, -0.15) is 0 Å². The quantitative estimate of drug-likeness (QED) is 0.299. The first-order valence-corrected chi connectivity index (χ1v) is 13.5. The average Bonchev–Trinajstić information content (AvgIpc) is 3.35. The van der Waals surface area contributed by atoms with E-state index in [-0.39, 0.29) is 18.0 Å². The molecule has 0 bridgehead atoms. The molecule has 4 aromatic rings. The van der Waals surface area contributed by atoms with Gasteiger partial charge in [-0.25, -0.2) is 4.79 Å². The molecule has 0 unspecified atom stereocenters. The van der Waals surface area contributed by atoms with Crippen molar-refractivity contribution in [3.8, 4) is 16.1 Å². The summed E-state index contributed by atoms with van der Waals surface area (Å²) < 4.78 is 7.65. The number of carboxylic acids is 1. The molecule has 1 atom stereocenters. The number of ether oxygens (including phenoxy) is 1. The predicted molar refractivity (Wildman–Crippen MR) is 151 cm³/mol. The van der Waals surface area contributed by atoms with Gasteiger partial charge in [0.05, 0.1) is 17.7 Å². The van der Waals surface area contributed by atoms with Gasteiger partial charge in [0.25, 0.3) is 0 Å². The number of carbonyl (C=O) groups is 2. The highest BCUT2D eigenvalue weighted by molar-refractivity contribution is 7.15. The SMILES string of the molecule is Cc1sc2c(c1C)C(c1ccc(-c3ccc(C(=O)O)cc3)cc1)=N[C@@H](CC(=O)OC(C)(C)C)c1nnc(C)n1-2. The van der Waals surface area contributed by atoms with Crippen molar-refractivity contribution >= 4 is 29.0 Å². The van der Waals surface area contributed by atoms with Crippen molar-refractivity contribution in [1.29, 1.82) is 0 Å². The summed E-state index contributed by atoms with van der Waals surface area (Å²) in [6.45, 7) is 11.6. The summed E-state index contributed by atoms with van der Waals surface area (Å²) in [6, 6.07) is 14.3. The third-order valence-corrected chi connectivity index (χ3v) is 7.84. The van der Waals surface area contributed by atoms with E-state index in [1.807, 2.05) is 56.5 Å². The largest absolute Gasteiger partial charge is 0.478 e. The zero-order valence-corrected chi connectivity index (χ0v) is 23.6. The van der Waals surface area contributed by atoms with Gasteiger partial charge in [0.15, 0.2) is 5.82 Å². The molecule has 0 amide bonds. The van der Waals surface area contributed by atoms with Gasteiger partial charge in [-0.1, -0.05) is 36.4 Å². The number of esters is 1. The molecule has 0 saturated heterocycles. The normalized spacial score (nSPS) is 14.7. The first-order valence-electron chi connectivity index (χ1n) is 12.7. The molecule has 39 heavy (non-hydrogen) atoms. The smallest absolute Gasteiger partial charge is 0.335 e. The minimum absolute atomic E-state index is 0.0416. The number of carboxylic acid groups (broad SMARTS) is 1. The summed E-state index contributed by atoms with van der Waals surface area (Å²) in [5, 5.41) is 19.0. The van der Waals surface area contributed by atoms with Crippen molar-refractivity contribution in [2.24, 2.45) is 4.99 Å². The maximum Gasteiger partial charge on any atom is 0.335 e. The van der Waals surface area contributed by atoms with E-state index in [0.717, 1.165) is 44.4 Å². The van der Waals surface area contributed by atoms with Crippen molar-refractivity contribution in [3.63, 3.8) is 0 Å². The summed E-state index contributed by atoms with van der Waals surface area (Å²) in [4.78, 5) is 30.5. The van der Waals surface area contributed by atoms with Crippen LogP contribution >= 0.6 is 11.3 Å². The van der Waals surface area contributed by atoms with Crippen LogP contribution in [0.4, 0.5) is 0 Å². The first-order chi connectivity index (χ1) is 18.4. The van der Waals surface area contributed by atoms with Gasteiger partial charge in [0.2, 0.25) is 0 Å². The van der Waals surface area contributed by atoms with Crippen LogP contribution in [0, 0.1) is 20.8 Å². The molecule has 2 aromatic carbocycles. The number of thiophene rings is 1. The first kappa shape index (κ1) is 26.5. The topological polar surface area (TPSA) is 107 Å². The Morgan fingerprint density at radius 1 is 0.949 bits per heavy atom. The van der Waals surface area contributed by atoms with Gasteiger partial charge in [-0.05, 0) is 70.4 Å². The van der Waals surface area contributed by atoms with Gasteiger partial charge >= 0.3 is 11.9 Å². The van der Waals surface area contributed by atoms with Crippen LogP contribution in [0.25, 0.3) is 16.1 Å². The number of hydrogen-bond acceptors (Lipinski definition) is 7. The van der Waals surface area contributed by atoms with E-state index in [9.17, 15) is 14.7 Å². The molecule has 0 aliphatic carbocycles. The number of hydrogen-bond donors (Lipinski definition) is 1. The predicted octanol–water partition coefficient (Wildman–Crippen LogP) is 6.24. The molecule has 9 heteroatoms. The Kier molecular flexibility index (Phi) is 6.72. The Bertz CT molecular complexity index is 1610. The number of carbonyl (C=O) groups excluding carboxylic acids is 1. The minimum Gasteiger partial charge on any atom is -0.478 e. The van der Waals surface area contributed by atoms with E-state index in [1.165, 1.54) is 4.88 Å². The minimum atomic E-state index is -0.952. The maximum absolute atomic E-state index is 12.9. The number of fused-ring (bicyclic) bond motifs is 3. The Hall–Kier alpha value is -4.11. The standard InChI is InChI=1S/C30H30N4O4S/c1-16-17(2)39-28-25(16)26(21-11-7-19(8-12-21)20-9-13-22(14-10-20)29(36)37)31-23(15-24(35)38-30(4,5)6)27-33-32-18(3)34(27)28/h7-14,23H,15H2,1-6H3,(H,36,37)/t23-/m0/s1. The lowest BCUT2D eigenvalue weighted by Gasteiger charge is -2.21. The molecule has 2 aromatic heterocycles. The summed E-state index contributed by atoms with van der Waals surface area (Å²) >= 11 is 1.66. The second-order valence-electron chi connectivity index (χ2n) is 10.6. The van der Waals surface area contributed by atoms with Crippen molar-refractivity contribution in [2.45, 2.75) is 59.6 Å². The van der Waals surface area contributed by atoms with Crippen LogP contribution in [0.2, 0.25) is 0 Å². The van der Waals surface area contributed by atoms with Crippen molar-refractivity contribution in [3.05, 3.63) is 87.3 Å². The fraction of sp³-hybridized carbons (Fsp3) is 0.300. The van der Waals surface area contributed by atoms with Gasteiger partial charge in [-0.3, -0.25) is 14.4 Å². The molecule has 0 saturated carbocycles. The summed E-state index contributed by atoms with van der Waals surface area (Å²) in [6.07, 6.45) is 0.0416. The molecular formula is C30H30N4O4S. The fourth-order valence-corrected chi connectivity index (χ4v) is 5.91. The number of aryl methyl sites for hydroxylation is 2. The van der Waals surface area contributed by atoms with E-state index in [0.29, 0.717) is 5.82 Å². The van der Waals surface area contributed by atoms with E-state index in [1.54, 1.807) is 35.6 Å². The highest BCUT2D eigenvalue weighted by Gasteiger charge is 2.33. The zero-order valence-electron chi connectivity index (χ0n) is 22.8. The summed E-state index contributed by atoms with van der Waals surface area (Å²) in [5.41, 5.74) is 5.35. The van der Waals surface area contributed by atoms with E-state index in [4.69, 9.17) is 9.73 Å². The number of nitrogens with zero attached hydrogens (tertiary/aromatic N) is 4. The van der Waals surface area contributed by atoms with E-state index < -0.39 is 17.6 Å². The Balaban J connectivity index is 1.60. The number of aromatic nitrogens is 3. The Morgan fingerprint density at radius 3 is 2.13 bits per heavy atom.